The second-order valence-corrected chi connectivity index (χ2v) is 5.48. The lowest BCUT2D eigenvalue weighted by molar-refractivity contribution is 0.451. The van der Waals surface area contributed by atoms with E-state index in [2.05, 4.69) is 53.1 Å². The molecule has 3 rings (SSSR count). The van der Waals surface area contributed by atoms with Crippen LogP contribution in [0.15, 0.2) is 54.7 Å². The number of hydrogen-bond donors (Lipinski definition) is 0. The summed E-state index contributed by atoms with van der Waals surface area (Å²) < 4.78 is 2.14. The van der Waals surface area contributed by atoms with Crippen molar-refractivity contribution in [3.63, 3.8) is 0 Å². The Morgan fingerprint density at radius 2 is 1.85 bits per heavy atom. The highest BCUT2D eigenvalue weighted by Crippen LogP contribution is 2.23. The monoisotopic (exact) mass is 284 g/mol. The number of aromatic nitrogens is 2. The van der Waals surface area contributed by atoms with Gasteiger partial charge in [0.05, 0.1) is 17.8 Å². The zero-order valence-electron chi connectivity index (χ0n) is 11.5. The first kappa shape index (κ1) is 13.2. The van der Waals surface area contributed by atoms with Crippen LogP contribution in [0.3, 0.4) is 0 Å². The summed E-state index contributed by atoms with van der Waals surface area (Å²) in [5.74, 6) is 0. The van der Waals surface area contributed by atoms with E-state index in [1.165, 1.54) is 16.5 Å². The minimum absolute atomic E-state index is 0.371. The molecule has 0 N–H and O–H groups in total. The number of hydrogen-bond acceptors (Lipinski definition) is 1. The Kier molecular flexibility index (Phi) is 3.75. The lowest BCUT2D eigenvalue weighted by Crippen LogP contribution is -2.12. The van der Waals surface area contributed by atoms with Crippen molar-refractivity contribution in [2.45, 2.75) is 25.8 Å². The van der Waals surface area contributed by atoms with Gasteiger partial charge in [-0.25, -0.2) is 0 Å². The summed E-state index contributed by atoms with van der Waals surface area (Å²) in [6, 6.07) is 16.8. The predicted molar refractivity (Wildman–Crippen MR) is 84.2 cm³/mol. The van der Waals surface area contributed by atoms with Crippen molar-refractivity contribution in [1.29, 1.82) is 0 Å². The van der Waals surface area contributed by atoms with Gasteiger partial charge in [-0.05, 0) is 36.6 Å². The highest BCUT2D eigenvalue weighted by atomic mass is 35.5. The molecule has 2 nitrogen and oxygen atoms in total. The first-order valence-corrected chi connectivity index (χ1v) is 7.32. The predicted octanol–water partition coefficient (Wildman–Crippen LogP) is 4.88. The Labute approximate surface area is 124 Å². The molecular weight excluding hydrogens is 268 g/mol. The molecule has 1 unspecified atom stereocenters. The number of halogens is 1. The van der Waals surface area contributed by atoms with Crippen LogP contribution >= 0.6 is 11.6 Å². The van der Waals surface area contributed by atoms with Crippen molar-refractivity contribution in [3.8, 4) is 0 Å². The molecule has 0 amide bonds. The zero-order valence-corrected chi connectivity index (χ0v) is 12.2. The normalized spacial score (nSPS) is 12.7. The molecule has 0 bridgehead atoms. The SMILES string of the molecule is CCC(Cc1ccc(Cl)cc1)n1ncc2ccccc21. The Balaban J connectivity index is 1.91. The first-order valence-electron chi connectivity index (χ1n) is 6.94. The van der Waals surface area contributed by atoms with E-state index < -0.39 is 0 Å². The lowest BCUT2D eigenvalue weighted by Gasteiger charge is -2.17. The van der Waals surface area contributed by atoms with Gasteiger partial charge in [0.15, 0.2) is 0 Å². The van der Waals surface area contributed by atoms with Gasteiger partial charge in [0.1, 0.15) is 0 Å². The summed E-state index contributed by atoms with van der Waals surface area (Å²) in [5.41, 5.74) is 2.49. The van der Waals surface area contributed by atoms with Gasteiger partial charge in [-0.3, -0.25) is 4.68 Å². The van der Waals surface area contributed by atoms with Crippen molar-refractivity contribution in [2.24, 2.45) is 0 Å². The number of rotatable bonds is 4. The highest BCUT2D eigenvalue weighted by Gasteiger charge is 2.13. The van der Waals surface area contributed by atoms with Crippen LogP contribution in [0.5, 0.6) is 0 Å². The summed E-state index contributed by atoms with van der Waals surface area (Å²) in [4.78, 5) is 0. The molecule has 1 aromatic heterocycles. The molecule has 0 aliphatic heterocycles. The molecule has 1 heterocycles. The fourth-order valence-corrected chi connectivity index (χ4v) is 2.71. The van der Waals surface area contributed by atoms with Crippen LogP contribution in [0.2, 0.25) is 5.02 Å². The maximum Gasteiger partial charge on any atom is 0.0685 e. The quantitative estimate of drug-likeness (QED) is 0.667. The lowest BCUT2D eigenvalue weighted by atomic mass is 10.0. The van der Waals surface area contributed by atoms with Crippen molar-refractivity contribution in [3.05, 3.63) is 65.3 Å². The van der Waals surface area contributed by atoms with Crippen LogP contribution < -0.4 is 0 Å². The summed E-state index contributed by atoms with van der Waals surface area (Å²) in [6.07, 6.45) is 3.97. The fourth-order valence-electron chi connectivity index (χ4n) is 2.58. The maximum absolute atomic E-state index is 5.94. The molecule has 1 atom stereocenters. The van der Waals surface area contributed by atoms with Crippen molar-refractivity contribution < 1.29 is 0 Å². The largest absolute Gasteiger partial charge is 0.261 e. The number of nitrogens with zero attached hydrogens (tertiary/aromatic N) is 2. The van der Waals surface area contributed by atoms with E-state index in [1.807, 2.05) is 18.3 Å². The molecule has 0 fully saturated rings. The van der Waals surface area contributed by atoms with Crippen LogP contribution in [-0.2, 0) is 6.42 Å². The summed E-state index contributed by atoms with van der Waals surface area (Å²) in [5, 5.41) is 6.55. The standard InChI is InChI=1S/C17H17ClN2/c1-2-16(11-13-7-9-15(18)10-8-13)20-17-6-4-3-5-14(17)12-19-20/h3-10,12,16H,2,11H2,1H3. The van der Waals surface area contributed by atoms with Crippen LogP contribution in [-0.4, -0.2) is 9.78 Å². The molecule has 3 aromatic rings. The molecular formula is C17H17ClN2. The molecule has 0 aliphatic rings. The van der Waals surface area contributed by atoms with Gasteiger partial charge in [0.25, 0.3) is 0 Å². The summed E-state index contributed by atoms with van der Waals surface area (Å²) >= 11 is 5.94. The Hall–Kier alpha value is -1.80. The van der Waals surface area contributed by atoms with Crippen molar-refractivity contribution >= 4 is 22.5 Å². The van der Waals surface area contributed by atoms with Crippen molar-refractivity contribution in [1.82, 2.24) is 9.78 Å². The average Bonchev–Trinajstić information content (AvgIpc) is 2.91. The summed E-state index contributed by atoms with van der Waals surface area (Å²) in [6.45, 7) is 2.21. The zero-order chi connectivity index (χ0) is 13.9. The van der Waals surface area contributed by atoms with Gasteiger partial charge in [-0.2, -0.15) is 5.10 Å². The van der Waals surface area contributed by atoms with Gasteiger partial charge < -0.3 is 0 Å². The highest BCUT2D eigenvalue weighted by molar-refractivity contribution is 6.30. The molecule has 0 saturated carbocycles. The van der Waals surface area contributed by atoms with Gasteiger partial charge in [-0.15, -0.1) is 0 Å². The number of fused-ring (bicyclic) bond motifs is 1. The Morgan fingerprint density at radius 3 is 2.60 bits per heavy atom. The number of para-hydroxylation sites is 1. The Morgan fingerprint density at radius 1 is 1.10 bits per heavy atom. The van der Waals surface area contributed by atoms with Gasteiger partial charge in [0.2, 0.25) is 0 Å². The van der Waals surface area contributed by atoms with Crippen molar-refractivity contribution in [2.75, 3.05) is 0 Å². The van der Waals surface area contributed by atoms with Gasteiger partial charge >= 0.3 is 0 Å². The molecule has 20 heavy (non-hydrogen) atoms. The molecule has 0 radical (unpaired) electrons. The van der Waals surface area contributed by atoms with E-state index in [0.29, 0.717) is 6.04 Å². The van der Waals surface area contributed by atoms with E-state index in [-0.39, 0.29) is 0 Å². The molecule has 0 saturated heterocycles. The van der Waals surface area contributed by atoms with E-state index in [1.54, 1.807) is 0 Å². The van der Waals surface area contributed by atoms with Crippen LogP contribution in [0.25, 0.3) is 10.9 Å². The molecule has 0 spiro atoms. The van der Waals surface area contributed by atoms with E-state index in [0.717, 1.165) is 17.9 Å². The second-order valence-electron chi connectivity index (χ2n) is 5.04. The topological polar surface area (TPSA) is 17.8 Å². The van der Waals surface area contributed by atoms with Gasteiger partial charge in [-0.1, -0.05) is 48.9 Å². The van der Waals surface area contributed by atoms with Crippen LogP contribution in [0.1, 0.15) is 24.9 Å². The van der Waals surface area contributed by atoms with Crippen LogP contribution in [0.4, 0.5) is 0 Å². The van der Waals surface area contributed by atoms with E-state index >= 15 is 0 Å². The molecule has 0 aliphatic carbocycles. The second kappa shape index (κ2) is 5.68. The maximum atomic E-state index is 5.94. The third kappa shape index (κ3) is 2.56. The minimum Gasteiger partial charge on any atom is -0.261 e. The Bertz CT molecular complexity index is 700. The van der Waals surface area contributed by atoms with E-state index in [9.17, 15) is 0 Å². The molecule has 3 heteroatoms. The first-order chi connectivity index (χ1) is 9.78. The van der Waals surface area contributed by atoms with Crippen LogP contribution in [0, 0.1) is 0 Å². The average molecular weight is 285 g/mol. The third-order valence-electron chi connectivity index (χ3n) is 3.71. The van der Waals surface area contributed by atoms with E-state index in [4.69, 9.17) is 11.6 Å². The van der Waals surface area contributed by atoms with Gasteiger partial charge in [0, 0.05) is 10.4 Å². The molecule has 2 aromatic carbocycles. The summed E-state index contributed by atoms with van der Waals surface area (Å²) in [7, 11) is 0. The smallest absolute Gasteiger partial charge is 0.0685 e. The minimum atomic E-state index is 0.371. The number of benzene rings is 2. The molecule has 102 valence electrons. The fraction of sp³-hybridized carbons (Fsp3) is 0.235. The third-order valence-corrected chi connectivity index (χ3v) is 3.96.